The molecule has 0 aliphatic rings. The molecule has 0 heterocycles. The molecule has 0 fully saturated rings. The number of ether oxygens (including phenoxy) is 2. The number of esters is 2. The molecule has 8 nitrogen and oxygen atoms in total. The quantitative estimate of drug-likeness (QED) is 0.322. The van der Waals surface area contributed by atoms with E-state index >= 15 is 0 Å². The SMILES string of the molecule is CC(C)[C@H](N)C(=O)OC(CC=O)(CC=O)OC(=O)[C@@H](N)C(C)C. The average molecular weight is 330 g/mol. The van der Waals surface area contributed by atoms with E-state index in [1.165, 1.54) is 0 Å². The molecule has 0 aromatic carbocycles. The summed E-state index contributed by atoms with van der Waals surface area (Å²) >= 11 is 0. The highest BCUT2D eigenvalue weighted by Crippen LogP contribution is 2.24. The second kappa shape index (κ2) is 9.36. The van der Waals surface area contributed by atoms with Crippen LogP contribution in [0.2, 0.25) is 0 Å². The summed E-state index contributed by atoms with van der Waals surface area (Å²) < 4.78 is 10.2. The predicted octanol–water partition coefficient (Wildman–Crippen LogP) is -0.0863. The fraction of sp³-hybridized carbons (Fsp3) is 0.733. The maximum Gasteiger partial charge on any atom is 0.326 e. The van der Waals surface area contributed by atoms with E-state index in [2.05, 4.69) is 0 Å². The van der Waals surface area contributed by atoms with E-state index in [0.717, 1.165) is 0 Å². The first kappa shape index (κ1) is 21.2. The van der Waals surface area contributed by atoms with Crippen LogP contribution in [0.4, 0.5) is 0 Å². The molecule has 0 amide bonds. The topological polar surface area (TPSA) is 139 Å². The summed E-state index contributed by atoms with van der Waals surface area (Å²) in [6.07, 6.45) is -0.185. The summed E-state index contributed by atoms with van der Waals surface area (Å²) in [5.41, 5.74) is 11.4. The third kappa shape index (κ3) is 6.45. The third-order valence-corrected chi connectivity index (χ3v) is 3.34. The first-order valence-electron chi connectivity index (χ1n) is 7.44. The van der Waals surface area contributed by atoms with Crippen molar-refractivity contribution >= 4 is 24.5 Å². The summed E-state index contributed by atoms with van der Waals surface area (Å²) in [4.78, 5) is 45.9. The smallest absolute Gasteiger partial charge is 0.326 e. The van der Waals surface area contributed by atoms with E-state index < -0.39 is 42.7 Å². The maximum absolute atomic E-state index is 12.0. The molecule has 0 aromatic rings. The van der Waals surface area contributed by atoms with Crippen molar-refractivity contribution in [3.05, 3.63) is 0 Å². The number of carbonyl (C=O) groups is 4. The van der Waals surface area contributed by atoms with Crippen LogP contribution in [-0.4, -0.2) is 42.4 Å². The van der Waals surface area contributed by atoms with Crippen molar-refractivity contribution in [1.82, 2.24) is 0 Å². The Morgan fingerprint density at radius 2 is 1.17 bits per heavy atom. The molecule has 0 saturated heterocycles. The lowest BCUT2D eigenvalue weighted by Gasteiger charge is -2.32. The first-order chi connectivity index (χ1) is 10.6. The molecule has 2 atom stereocenters. The van der Waals surface area contributed by atoms with Crippen LogP contribution in [0.1, 0.15) is 40.5 Å². The van der Waals surface area contributed by atoms with Crippen molar-refractivity contribution in [1.29, 1.82) is 0 Å². The molecule has 0 aliphatic heterocycles. The van der Waals surface area contributed by atoms with Crippen LogP contribution in [0.3, 0.4) is 0 Å². The second-order valence-electron chi connectivity index (χ2n) is 6.03. The van der Waals surface area contributed by atoms with Crippen LogP contribution in [-0.2, 0) is 28.7 Å². The lowest BCUT2D eigenvalue weighted by molar-refractivity contribution is -0.231. The van der Waals surface area contributed by atoms with Gasteiger partial charge in [-0.25, -0.2) is 0 Å². The summed E-state index contributed by atoms with van der Waals surface area (Å²) in [7, 11) is 0. The fourth-order valence-electron chi connectivity index (χ4n) is 1.57. The molecule has 0 aliphatic carbocycles. The van der Waals surface area contributed by atoms with Crippen molar-refractivity contribution in [2.45, 2.75) is 58.4 Å². The zero-order valence-corrected chi connectivity index (χ0v) is 14.0. The van der Waals surface area contributed by atoms with Gasteiger partial charge in [0.1, 0.15) is 24.7 Å². The molecule has 23 heavy (non-hydrogen) atoms. The van der Waals surface area contributed by atoms with Gasteiger partial charge in [-0.15, -0.1) is 0 Å². The molecule has 0 bridgehead atoms. The summed E-state index contributed by atoms with van der Waals surface area (Å²) in [5, 5.41) is 0. The molecule has 132 valence electrons. The molecule has 0 saturated carbocycles. The summed E-state index contributed by atoms with van der Waals surface area (Å²) in [6, 6.07) is -1.96. The Hall–Kier alpha value is -1.80. The van der Waals surface area contributed by atoms with Crippen molar-refractivity contribution in [3.63, 3.8) is 0 Å². The van der Waals surface area contributed by atoms with E-state index in [1.807, 2.05) is 0 Å². The first-order valence-corrected chi connectivity index (χ1v) is 7.44. The van der Waals surface area contributed by atoms with Gasteiger partial charge in [0.05, 0.1) is 12.8 Å². The number of hydrogen-bond donors (Lipinski definition) is 2. The van der Waals surface area contributed by atoms with Gasteiger partial charge >= 0.3 is 11.9 Å². The molecule has 8 heteroatoms. The van der Waals surface area contributed by atoms with Gasteiger partial charge in [0.25, 0.3) is 5.79 Å². The van der Waals surface area contributed by atoms with Gasteiger partial charge in [-0.1, -0.05) is 27.7 Å². The standard InChI is InChI=1S/C15H26N2O6/c1-9(2)11(16)13(20)22-15(5-7-18,6-8-19)23-14(21)12(17)10(3)4/h7-12H,5-6,16-17H2,1-4H3/t11-,12-/m0/s1. The third-order valence-electron chi connectivity index (χ3n) is 3.34. The Kier molecular flexibility index (Phi) is 8.63. The van der Waals surface area contributed by atoms with Gasteiger partial charge in [-0.05, 0) is 11.8 Å². The Labute approximate surface area is 135 Å². The van der Waals surface area contributed by atoms with E-state index in [4.69, 9.17) is 20.9 Å². The minimum absolute atomic E-state index is 0.235. The van der Waals surface area contributed by atoms with Crippen LogP contribution in [0.5, 0.6) is 0 Å². The molecule has 0 rings (SSSR count). The summed E-state index contributed by atoms with van der Waals surface area (Å²) in [6.45, 7) is 6.81. The second-order valence-corrected chi connectivity index (χ2v) is 6.03. The largest absolute Gasteiger partial charge is 0.420 e. The average Bonchev–Trinajstić information content (AvgIpc) is 2.45. The lowest BCUT2D eigenvalue weighted by atomic mass is 10.0. The molecular weight excluding hydrogens is 304 g/mol. The van der Waals surface area contributed by atoms with E-state index in [0.29, 0.717) is 12.6 Å². The highest BCUT2D eigenvalue weighted by atomic mass is 16.7. The van der Waals surface area contributed by atoms with Crippen LogP contribution in [0.25, 0.3) is 0 Å². The Morgan fingerprint density at radius 1 is 0.870 bits per heavy atom. The van der Waals surface area contributed by atoms with Gasteiger partial charge in [0, 0.05) is 0 Å². The number of rotatable bonds is 10. The minimum Gasteiger partial charge on any atom is -0.420 e. The predicted molar refractivity (Wildman–Crippen MR) is 81.9 cm³/mol. The van der Waals surface area contributed by atoms with E-state index in [9.17, 15) is 19.2 Å². The molecule has 0 aromatic heterocycles. The Balaban J connectivity index is 5.38. The van der Waals surface area contributed by atoms with Crippen molar-refractivity contribution in [3.8, 4) is 0 Å². The van der Waals surface area contributed by atoms with Gasteiger partial charge in [-0.3, -0.25) is 9.59 Å². The van der Waals surface area contributed by atoms with Crippen LogP contribution in [0.15, 0.2) is 0 Å². The Morgan fingerprint density at radius 3 is 1.39 bits per heavy atom. The monoisotopic (exact) mass is 330 g/mol. The van der Waals surface area contributed by atoms with Crippen molar-refractivity contribution in [2.75, 3.05) is 0 Å². The highest BCUT2D eigenvalue weighted by molar-refractivity contribution is 5.79. The van der Waals surface area contributed by atoms with Crippen molar-refractivity contribution < 1.29 is 28.7 Å². The maximum atomic E-state index is 12.0. The zero-order valence-electron chi connectivity index (χ0n) is 14.0. The van der Waals surface area contributed by atoms with Gasteiger partial charge in [0.15, 0.2) is 0 Å². The molecule has 0 radical (unpaired) electrons. The summed E-state index contributed by atoms with van der Waals surface area (Å²) in [5.74, 6) is -4.22. The molecule has 0 spiro atoms. The molecule has 0 unspecified atom stereocenters. The Bertz CT molecular complexity index is 396. The van der Waals surface area contributed by atoms with Crippen molar-refractivity contribution in [2.24, 2.45) is 23.3 Å². The zero-order chi connectivity index (χ0) is 18.2. The lowest BCUT2D eigenvalue weighted by Crippen LogP contribution is -2.50. The number of aldehydes is 2. The van der Waals surface area contributed by atoms with Gasteiger partial charge in [0.2, 0.25) is 0 Å². The highest BCUT2D eigenvalue weighted by Gasteiger charge is 2.41. The minimum atomic E-state index is -2.02. The molecule has 4 N–H and O–H groups in total. The normalized spacial score (nSPS) is 14.3. The van der Waals surface area contributed by atoms with Crippen LogP contribution < -0.4 is 11.5 Å². The van der Waals surface area contributed by atoms with Crippen LogP contribution in [0, 0.1) is 11.8 Å². The van der Waals surface area contributed by atoms with E-state index in [-0.39, 0.29) is 11.8 Å². The number of nitrogens with two attached hydrogens (primary N) is 2. The number of hydrogen-bond acceptors (Lipinski definition) is 8. The van der Waals surface area contributed by atoms with Gasteiger partial charge in [-0.2, -0.15) is 0 Å². The fourth-order valence-corrected chi connectivity index (χ4v) is 1.57. The molecular formula is C15H26N2O6. The van der Waals surface area contributed by atoms with Gasteiger partial charge < -0.3 is 30.5 Å². The number of carbonyl (C=O) groups excluding carboxylic acids is 4. The van der Waals surface area contributed by atoms with Crippen LogP contribution >= 0.6 is 0 Å². The van der Waals surface area contributed by atoms with E-state index in [1.54, 1.807) is 27.7 Å².